The Labute approximate surface area is 137 Å². The molecule has 1 saturated heterocycles. The predicted octanol–water partition coefficient (Wildman–Crippen LogP) is 3.90. The van der Waals surface area contributed by atoms with Gasteiger partial charge in [0, 0.05) is 18.5 Å². The standard InChI is InChI=1S/C18H19NS2/c20-17(21)19-13-11-18(12-14-19,15-7-3-1-4-8-15)16-9-5-2-6-10-16/h1-10H,11-14H2,(H,20,21)/p-1. The van der Waals surface area contributed by atoms with Crippen LogP contribution in [0.15, 0.2) is 60.7 Å². The van der Waals surface area contributed by atoms with Gasteiger partial charge >= 0.3 is 0 Å². The summed E-state index contributed by atoms with van der Waals surface area (Å²) in [6.07, 6.45) is 2.11. The van der Waals surface area contributed by atoms with Gasteiger partial charge in [-0.25, -0.2) is 0 Å². The molecule has 0 aromatic heterocycles. The van der Waals surface area contributed by atoms with Gasteiger partial charge in [0.05, 0.1) is 0 Å². The Balaban J connectivity index is 2.00. The Bertz CT molecular complexity index is 560. The average molecular weight is 312 g/mol. The maximum absolute atomic E-state index is 5.16. The lowest BCUT2D eigenvalue weighted by Crippen LogP contribution is -2.44. The normalized spacial score (nSPS) is 17.4. The summed E-state index contributed by atoms with van der Waals surface area (Å²) in [4.78, 5) is 2.15. The fourth-order valence-electron chi connectivity index (χ4n) is 3.33. The van der Waals surface area contributed by atoms with E-state index in [0.717, 1.165) is 25.9 Å². The van der Waals surface area contributed by atoms with Gasteiger partial charge in [0.2, 0.25) is 0 Å². The maximum atomic E-state index is 5.16. The van der Waals surface area contributed by atoms with Crippen molar-refractivity contribution in [3.63, 3.8) is 0 Å². The minimum Gasteiger partial charge on any atom is -0.411 e. The van der Waals surface area contributed by atoms with E-state index >= 15 is 0 Å². The van der Waals surface area contributed by atoms with Gasteiger partial charge in [0.1, 0.15) is 0 Å². The number of piperidine rings is 1. The van der Waals surface area contributed by atoms with E-state index in [9.17, 15) is 0 Å². The minimum absolute atomic E-state index is 0.0825. The largest absolute Gasteiger partial charge is 0.411 e. The summed E-state index contributed by atoms with van der Waals surface area (Å²) in [5.41, 5.74) is 2.87. The second-order valence-electron chi connectivity index (χ2n) is 5.57. The third-order valence-electron chi connectivity index (χ3n) is 4.53. The third kappa shape index (κ3) is 2.81. The molecule has 1 heterocycles. The first-order valence-electron chi connectivity index (χ1n) is 7.29. The quantitative estimate of drug-likeness (QED) is 0.611. The van der Waals surface area contributed by atoms with Gasteiger partial charge in [0.25, 0.3) is 0 Å². The molecule has 21 heavy (non-hydrogen) atoms. The van der Waals surface area contributed by atoms with E-state index < -0.39 is 0 Å². The van der Waals surface area contributed by atoms with Crippen LogP contribution in [0, 0.1) is 0 Å². The average Bonchev–Trinajstić information content (AvgIpc) is 2.56. The highest BCUT2D eigenvalue weighted by atomic mass is 32.1. The Hall–Kier alpha value is -1.45. The maximum Gasteiger partial charge on any atom is 0.0236 e. The van der Waals surface area contributed by atoms with Gasteiger partial charge < -0.3 is 29.7 Å². The molecule has 1 fully saturated rings. The van der Waals surface area contributed by atoms with Crippen molar-refractivity contribution in [2.24, 2.45) is 0 Å². The summed E-state index contributed by atoms with van der Waals surface area (Å²) in [6.45, 7) is 1.87. The number of benzene rings is 2. The van der Waals surface area contributed by atoms with Crippen molar-refractivity contribution in [1.82, 2.24) is 4.90 Å². The Morgan fingerprint density at radius 1 is 0.857 bits per heavy atom. The summed E-state index contributed by atoms with van der Waals surface area (Å²) >= 11 is 10.3. The lowest BCUT2D eigenvalue weighted by molar-refractivity contribution is 0.264. The molecule has 0 atom stereocenters. The van der Waals surface area contributed by atoms with Crippen molar-refractivity contribution < 1.29 is 0 Å². The van der Waals surface area contributed by atoms with Crippen molar-refractivity contribution in [3.8, 4) is 0 Å². The van der Waals surface area contributed by atoms with Gasteiger partial charge in [-0.05, 0) is 24.0 Å². The second kappa shape index (κ2) is 6.12. The van der Waals surface area contributed by atoms with Crippen LogP contribution in [0.4, 0.5) is 0 Å². The van der Waals surface area contributed by atoms with E-state index in [4.69, 9.17) is 24.8 Å². The molecule has 0 spiro atoms. The van der Waals surface area contributed by atoms with Crippen LogP contribution in [0.5, 0.6) is 0 Å². The molecule has 1 nitrogen and oxygen atoms in total. The van der Waals surface area contributed by atoms with Crippen LogP contribution in [0.2, 0.25) is 0 Å². The number of likely N-dealkylation sites (tertiary alicyclic amines) is 1. The van der Waals surface area contributed by atoms with Crippen LogP contribution in [-0.4, -0.2) is 22.3 Å². The van der Waals surface area contributed by atoms with E-state index in [1.807, 2.05) is 0 Å². The zero-order chi connectivity index (χ0) is 14.7. The highest BCUT2D eigenvalue weighted by Crippen LogP contribution is 2.41. The molecule has 0 bridgehead atoms. The molecule has 2 aromatic rings. The molecule has 3 heteroatoms. The van der Waals surface area contributed by atoms with E-state index in [2.05, 4.69) is 65.6 Å². The smallest absolute Gasteiger partial charge is 0.0236 e. The molecule has 0 saturated carbocycles. The van der Waals surface area contributed by atoms with Gasteiger partial charge in [-0.2, -0.15) is 0 Å². The van der Waals surface area contributed by atoms with E-state index in [0.29, 0.717) is 4.32 Å². The summed E-state index contributed by atoms with van der Waals surface area (Å²) < 4.78 is 0.602. The minimum atomic E-state index is 0.0825. The van der Waals surface area contributed by atoms with Gasteiger partial charge in [-0.1, -0.05) is 65.0 Å². The Kier molecular flexibility index (Phi) is 4.22. The number of hydrogen-bond acceptors (Lipinski definition) is 2. The zero-order valence-electron chi connectivity index (χ0n) is 11.9. The predicted molar refractivity (Wildman–Crippen MR) is 94.4 cm³/mol. The number of rotatable bonds is 2. The van der Waals surface area contributed by atoms with Crippen molar-refractivity contribution in [2.45, 2.75) is 18.3 Å². The molecule has 2 aromatic carbocycles. The fourth-order valence-corrected chi connectivity index (χ4v) is 3.69. The molecule has 1 aliphatic rings. The second-order valence-corrected chi connectivity index (χ2v) is 6.60. The molecule has 0 unspecified atom stereocenters. The molecular weight excluding hydrogens is 294 g/mol. The monoisotopic (exact) mass is 312 g/mol. The summed E-state index contributed by atoms with van der Waals surface area (Å²) in [7, 11) is 0. The zero-order valence-corrected chi connectivity index (χ0v) is 13.5. The SMILES string of the molecule is S=C([S-])N1CCC(c2ccccc2)(c2ccccc2)CC1. The first-order chi connectivity index (χ1) is 10.2. The van der Waals surface area contributed by atoms with E-state index in [-0.39, 0.29) is 5.41 Å². The van der Waals surface area contributed by atoms with Crippen molar-refractivity contribution in [2.75, 3.05) is 13.1 Å². The van der Waals surface area contributed by atoms with Crippen LogP contribution in [0.3, 0.4) is 0 Å². The van der Waals surface area contributed by atoms with Crippen molar-refractivity contribution in [3.05, 3.63) is 71.8 Å². The molecule has 108 valence electrons. The first-order valence-corrected chi connectivity index (χ1v) is 8.11. The molecule has 1 aliphatic heterocycles. The number of thiocarbonyl (C=S) groups is 1. The molecular formula is C18H18NS2-. The summed E-state index contributed by atoms with van der Waals surface area (Å²) in [5, 5.41) is 0. The molecule has 0 radical (unpaired) electrons. The van der Waals surface area contributed by atoms with Crippen LogP contribution in [0.1, 0.15) is 24.0 Å². The molecule has 0 N–H and O–H groups in total. The van der Waals surface area contributed by atoms with Gasteiger partial charge in [-0.15, -0.1) is 0 Å². The first kappa shape index (κ1) is 14.5. The fraction of sp³-hybridized carbons (Fsp3) is 0.278. The summed E-state index contributed by atoms with van der Waals surface area (Å²) in [6, 6.07) is 21.7. The number of nitrogens with zero attached hydrogens (tertiary/aromatic N) is 1. The van der Waals surface area contributed by atoms with Crippen LogP contribution < -0.4 is 0 Å². The van der Waals surface area contributed by atoms with Gasteiger partial charge in [0.15, 0.2) is 0 Å². The summed E-state index contributed by atoms with van der Waals surface area (Å²) in [5.74, 6) is 0. The molecule has 3 rings (SSSR count). The Morgan fingerprint density at radius 2 is 1.29 bits per heavy atom. The van der Waals surface area contributed by atoms with Crippen LogP contribution in [0.25, 0.3) is 0 Å². The molecule has 0 aliphatic carbocycles. The molecule has 0 amide bonds. The van der Waals surface area contributed by atoms with Crippen LogP contribution >= 0.6 is 12.2 Å². The van der Waals surface area contributed by atoms with Crippen molar-refractivity contribution >= 4 is 29.2 Å². The third-order valence-corrected chi connectivity index (χ3v) is 5.04. The van der Waals surface area contributed by atoms with Crippen molar-refractivity contribution in [1.29, 1.82) is 0 Å². The lowest BCUT2D eigenvalue weighted by atomic mass is 9.68. The Morgan fingerprint density at radius 3 is 1.67 bits per heavy atom. The number of hydrogen-bond donors (Lipinski definition) is 0. The van der Waals surface area contributed by atoms with E-state index in [1.165, 1.54) is 11.1 Å². The van der Waals surface area contributed by atoms with Gasteiger partial charge in [-0.3, -0.25) is 0 Å². The lowest BCUT2D eigenvalue weighted by Gasteiger charge is -2.45. The topological polar surface area (TPSA) is 3.24 Å². The highest BCUT2D eigenvalue weighted by Gasteiger charge is 2.37. The van der Waals surface area contributed by atoms with Crippen LogP contribution in [-0.2, 0) is 18.0 Å². The highest BCUT2D eigenvalue weighted by molar-refractivity contribution is 8.00. The van der Waals surface area contributed by atoms with E-state index in [1.54, 1.807) is 0 Å².